The number of Topliss-reactive ketones (excluding diaryl/α,β-unsaturated/α-hetero) is 1. The van der Waals surface area contributed by atoms with E-state index in [-0.39, 0.29) is 33.8 Å². The van der Waals surface area contributed by atoms with Crippen molar-refractivity contribution in [3.05, 3.63) is 87.4 Å². The molecule has 1 fully saturated rings. The van der Waals surface area contributed by atoms with Crippen molar-refractivity contribution in [2.24, 2.45) is 5.92 Å². The van der Waals surface area contributed by atoms with Crippen LogP contribution in [0.5, 0.6) is 0 Å². The van der Waals surface area contributed by atoms with Crippen molar-refractivity contribution in [3.63, 3.8) is 0 Å². The standard InChI is InChI=1S/C25H22Cl2N2O4S/c1-14(30)15-3-2-4-16(11-15)24-19-9-10-33-25(19)20-13-18(6-8-23(20)28-24)34(31,32)29-17-5-7-21(26)22(27)12-17/h2-8,11-13,19,24-25,28-29H,9-10H2,1H3/t19-,24?,25-/m0/s1. The van der Waals surface area contributed by atoms with Gasteiger partial charge in [0.05, 0.1) is 32.8 Å². The molecule has 2 heterocycles. The van der Waals surface area contributed by atoms with Crippen LogP contribution in [0.4, 0.5) is 11.4 Å². The topological polar surface area (TPSA) is 84.5 Å². The molecule has 1 saturated heterocycles. The number of fused-ring (bicyclic) bond motifs is 3. The fourth-order valence-corrected chi connectivity index (χ4v) is 6.06. The monoisotopic (exact) mass is 516 g/mol. The number of sulfonamides is 1. The molecule has 3 atom stereocenters. The summed E-state index contributed by atoms with van der Waals surface area (Å²) in [7, 11) is -3.86. The highest BCUT2D eigenvalue weighted by Gasteiger charge is 2.42. The molecule has 6 nitrogen and oxygen atoms in total. The summed E-state index contributed by atoms with van der Waals surface area (Å²) in [6.45, 7) is 2.13. The SMILES string of the molecule is CC(=O)c1cccc(C2Nc3ccc(S(=O)(=O)Nc4ccc(Cl)c(Cl)c4)cc3[C@H]3OCC[C@@H]23)c1. The number of anilines is 2. The van der Waals surface area contributed by atoms with Crippen LogP contribution in [0.2, 0.25) is 10.0 Å². The first-order valence-corrected chi connectivity index (χ1v) is 13.1. The smallest absolute Gasteiger partial charge is 0.261 e. The zero-order chi connectivity index (χ0) is 24.0. The van der Waals surface area contributed by atoms with Crippen molar-refractivity contribution in [3.8, 4) is 0 Å². The highest BCUT2D eigenvalue weighted by Crippen LogP contribution is 2.50. The lowest BCUT2D eigenvalue weighted by atomic mass is 9.80. The molecule has 0 aliphatic carbocycles. The van der Waals surface area contributed by atoms with Gasteiger partial charge in [-0.15, -0.1) is 0 Å². The summed E-state index contributed by atoms with van der Waals surface area (Å²) in [6.07, 6.45) is 0.576. The van der Waals surface area contributed by atoms with Crippen LogP contribution < -0.4 is 10.0 Å². The number of benzene rings is 3. The van der Waals surface area contributed by atoms with E-state index in [9.17, 15) is 13.2 Å². The van der Waals surface area contributed by atoms with Crippen LogP contribution in [0.1, 0.15) is 47.0 Å². The fraction of sp³-hybridized carbons (Fsp3) is 0.240. The Bertz CT molecular complexity index is 1390. The Morgan fingerprint density at radius 3 is 2.65 bits per heavy atom. The average molecular weight is 517 g/mol. The van der Waals surface area contributed by atoms with Crippen molar-refractivity contribution in [1.82, 2.24) is 0 Å². The first kappa shape index (κ1) is 23.2. The molecule has 5 rings (SSSR count). The van der Waals surface area contributed by atoms with Crippen LogP contribution in [0, 0.1) is 5.92 Å². The average Bonchev–Trinajstić information content (AvgIpc) is 3.31. The second kappa shape index (κ2) is 8.89. The van der Waals surface area contributed by atoms with Crippen molar-refractivity contribution < 1.29 is 17.9 Å². The summed E-state index contributed by atoms with van der Waals surface area (Å²) in [5.41, 5.74) is 3.62. The highest BCUT2D eigenvalue weighted by atomic mass is 35.5. The Labute approximate surface area is 208 Å². The maximum atomic E-state index is 13.1. The summed E-state index contributed by atoms with van der Waals surface area (Å²) in [6, 6.07) is 17.1. The van der Waals surface area contributed by atoms with Crippen molar-refractivity contribution >= 4 is 50.4 Å². The maximum absolute atomic E-state index is 13.1. The van der Waals surface area contributed by atoms with Gasteiger partial charge < -0.3 is 10.1 Å². The number of halogens is 2. The second-order valence-corrected chi connectivity index (χ2v) is 11.0. The third kappa shape index (κ3) is 4.29. The third-order valence-corrected chi connectivity index (χ3v) is 8.46. The van der Waals surface area contributed by atoms with E-state index < -0.39 is 10.0 Å². The third-order valence-electron chi connectivity index (χ3n) is 6.34. The molecule has 0 saturated carbocycles. The quantitative estimate of drug-likeness (QED) is 0.392. The first-order chi connectivity index (χ1) is 16.2. The number of nitrogens with one attached hydrogen (secondary N) is 2. The van der Waals surface area contributed by atoms with Gasteiger partial charge in [-0.1, -0.05) is 41.4 Å². The highest BCUT2D eigenvalue weighted by molar-refractivity contribution is 7.92. The van der Waals surface area contributed by atoms with E-state index in [1.807, 2.05) is 24.3 Å². The van der Waals surface area contributed by atoms with Crippen LogP contribution >= 0.6 is 23.2 Å². The minimum atomic E-state index is -3.86. The molecule has 2 aliphatic heterocycles. The number of hydrogen-bond acceptors (Lipinski definition) is 5. The summed E-state index contributed by atoms with van der Waals surface area (Å²) >= 11 is 12.0. The van der Waals surface area contributed by atoms with Gasteiger partial charge in [-0.3, -0.25) is 9.52 Å². The van der Waals surface area contributed by atoms with Crippen LogP contribution in [0.25, 0.3) is 0 Å². The van der Waals surface area contributed by atoms with E-state index in [0.29, 0.717) is 22.9 Å². The Kier molecular flexibility index (Phi) is 6.06. The first-order valence-electron chi connectivity index (χ1n) is 10.8. The Hall–Kier alpha value is -2.58. The molecule has 3 aromatic rings. The lowest BCUT2D eigenvalue weighted by Gasteiger charge is -2.36. The van der Waals surface area contributed by atoms with Gasteiger partial charge in [-0.05, 0) is 61.4 Å². The van der Waals surface area contributed by atoms with Crippen molar-refractivity contribution in [2.75, 3.05) is 16.6 Å². The van der Waals surface area contributed by atoms with Crippen LogP contribution in [0.3, 0.4) is 0 Å². The van der Waals surface area contributed by atoms with Gasteiger partial charge in [0.15, 0.2) is 5.78 Å². The molecule has 0 radical (unpaired) electrons. The van der Waals surface area contributed by atoms with Gasteiger partial charge in [0.1, 0.15) is 0 Å². The Morgan fingerprint density at radius 2 is 1.88 bits per heavy atom. The summed E-state index contributed by atoms with van der Waals surface area (Å²) in [5.74, 6) is 0.122. The Balaban J connectivity index is 1.48. The molecule has 0 spiro atoms. The molecular weight excluding hydrogens is 495 g/mol. The molecule has 9 heteroatoms. The molecule has 2 N–H and O–H groups in total. The van der Waals surface area contributed by atoms with E-state index in [1.54, 1.807) is 31.2 Å². The van der Waals surface area contributed by atoms with Gasteiger partial charge >= 0.3 is 0 Å². The van der Waals surface area contributed by atoms with E-state index in [4.69, 9.17) is 27.9 Å². The predicted molar refractivity (Wildman–Crippen MR) is 133 cm³/mol. The summed E-state index contributed by atoms with van der Waals surface area (Å²) in [5, 5.41) is 4.16. The molecule has 1 unspecified atom stereocenters. The lowest BCUT2D eigenvalue weighted by Crippen LogP contribution is -2.29. The number of rotatable bonds is 5. The molecular formula is C25H22Cl2N2O4S. The molecule has 34 heavy (non-hydrogen) atoms. The number of ketones is 1. The van der Waals surface area contributed by atoms with Gasteiger partial charge in [-0.25, -0.2) is 8.42 Å². The van der Waals surface area contributed by atoms with E-state index in [2.05, 4.69) is 10.0 Å². The number of hydrogen-bond donors (Lipinski definition) is 2. The number of ether oxygens (including phenoxy) is 1. The number of carbonyl (C=O) groups is 1. The van der Waals surface area contributed by atoms with Crippen LogP contribution in [0.15, 0.2) is 65.6 Å². The van der Waals surface area contributed by atoms with Crippen LogP contribution in [-0.2, 0) is 14.8 Å². The molecule has 0 amide bonds. The molecule has 0 bridgehead atoms. The van der Waals surface area contributed by atoms with Crippen molar-refractivity contribution in [1.29, 1.82) is 0 Å². The van der Waals surface area contributed by atoms with Crippen molar-refractivity contribution in [2.45, 2.75) is 30.4 Å². The summed E-state index contributed by atoms with van der Waals surface area (Å²) in [4.78, 5) is 12.0. The minimum absolute atomic E-state index is 0.0154. The van der Waals surface area contributed by atoms with Gasteiger partial charge in [0, 0.05) is 29.3 Å². The number of carbonyl (C=O) groups excluding carboxylic acids is 1. The fourth-order valence-electron chi connectivity index (χ4n) is 4.67. The Morgan fingerprint density at radius 1 is 1.06 bits per heavy atom. The molecule has 176 valence electrons. The predicted octanol–water partition coefficient (Wildman–Crippen LogP) is 6.24. The zero-order valence-electron chi connectivity index (χ0n) is 18.2. The van der Waals surface area contributed by atoms with Gasteiger partial charge in [0.25, 0.3) is 10.0 Å². The minimum Gasteiger partial charge on any atom is -0.378 e. The van der Waals surface area contributed by atoms with Gasteiger partial charge in [-0.2, -0.15) is 0 Å². The zero-order valence-corrected chi connectivity index (χ0v) is 20.5. The van der Waals surface area contributed by atoms with E-state index in [1.165, 1.54) is 12.1 Å². The van der Waals surface area contributed by atoms with E-state index in [0.717, 1.165) is 23.2 Å². The lowest BCUT2D eigenvalue weighted by molar-refractivity contribution is 0.0827. The normalized spacial score (nSPS) is 21.3. The largest absolute Gasteiger partial charge is 0.378 e. The van der Waals surface area contributed by atoms with E-state index >= 15 is 0 Å². The molecule has 2 aliphatic rings. The van der Waals surface area contributed by atoms with Gasteiger partial charge in [0.2, 0.25) is 0 Å². The summed E-state index contributed by atoms with van der Waals surface area (Å²) < 4.78 is 34.8. The maximum Gasteiger partial charge on any atom is 0.261 e. The van der Waals surface area contributed by atoms with Crippen LogP contribution in [-0.4, -0.2) is 20.8 Å². The molecule has 0 aromatic heterocycles. The molecule has 3 aromatic carbocycles. The second-order valence-electron chi connectivity index (χ2n) is 8.53.